The standard InChI is InChI=1S/C18H17N3O3/c1-10-8-16(19-14-7-5-4-6-13(10)14)21-20-12(3)17-15(22)9-11(2)24-18(17)23/h4-9,22H,1-3H3,(H,19,21)/b20-12+. The van der Waals surface area contributed by atoms with Crippen LogP contribution in [0.4, 0.5) is 5.82 Å². The van der Waals surface area contributed by atoms with E-state index < -0.39 is 5.63 Å². The minimum Gasteiger partial charge on any atom is -0.507 e. The molecule has 0 atom stereocenters. The van der Waals surface area contributed by atoms with Crippen molar-refractivity contribution in [3.05, 3.63) is 63.7 Å². The van der Waals surface area contributed by atoms with Crippen LogP contribution in [0.1, 0.15) is 23.8 Å². The van der Waals surface area contributed by atoms with Crippen molar-refractivity contribution in [2.75, 3.05) is 5.43 Å². The van der Waals surface area contributed by atoms with Crippen molar-refractivity contribution in [3.63, 3.8) is 0 Å². The third-order valence-corrected chi connectivity index (χ3v) is 3.68. The van der Waals surface area contributed by atoms with Crippen LogP contribution >= 0.6 is 0 Å². The van der Waals surface area contributed by atoms with Gasteiger partial charge in [-0.1, -0.05) is 18.2 Å². The number of hydrogen-bond acceptors (Lipinski definition) is 6. The van der Waals surface area contributed by atoms with Gasteiger partial charge in [0.1, 0.15) is 22.9 Å². The summed E-state index contributed by atoms with van der Waals surface area (Å²) in [6.45, 7) is 5.20. The maximum atomic E-state index is 11.9. The van der Waals surface area contributed by atoms with Crippen molar-refractivity contribution < 1.29 is 9.52 Å². The van der Waals surface area contributed by atoms with Crippen LogP contribution in [0.5, 0.6) is 5.75 Å². The largest absolute Gasteiger partial charge is 0.507 e. The Morgan fingerprint density at radius 3 is 2.75 bits per heavy atom. The number of hydrazone groups is 1. The Morgan fingerprint density at radius 2 is 2.00 bits per heavy atom. The van der Waals surface area contributed by atoms with Crippen LogP contribution in [0.15, 0.2) is 50.7 Å². The number of hydrogen-bond donors (Lipinski definition) is 2. The van der Waals surface area contributed by atoms with Crippen molar-refractivity contribution in [2.45, 2.75) is 20.8 Å². The lowest BCUT2D eigenvalue weighted by Gasteiger charge is -2.07. The van der Waals surface area contributed by atoms with E-state index in [-0.39, 0.29) is 11.3 Å². The predicted molar refractivity (Wildman–Crippen MR) is 93.7 cm³/mol. The molecule has 0 saturated heterocycles. The van der Waals surface area contributed by atoms with E-state index >= 15 is 0 Å². The van der Waals surface area contributed by atoms with Crippen LogP contribution in [-0.4, -0.2) is 15.8 Å². The Balaban J connectivity index is 1.95. The number of fused-ring (bicyclic) bond motifs is 1. The fourth-order valence-electron chi connectivity index (χ4n) is 2.53. The molecular weight excluding hydrogens is 306 g/mol. The monoisotopic (exact) mass is 323 g/mol. The Kier molecular flexibility index (Phi) is 4.04. The molecule has 24 heavy (non-hydrogen) atoms. The molecule has 1 aromatic carbocycles. The molecule has 0 saturated carbocycles. The van der Waals surface area contributed by atoms with Crippen LogP contribution < -0.4 is 11.1 Å². The van der Waals surface area contributed by atoms with Gasteiger partial charge in [0.15, 0.2) is 0 Å². The number of aromatic hydroxyl groups is 1. The molecule has 0 aliphatic rings. The molecule has 0 amide bonds. The number of nitrogens with one attached hydrogen (secondary N) is 1. The summed E-state index contributed by atoms with van der Waals surface area (Å²) < 4.78 is 5.00. The maximum Gasteiger partial charge on any atom is 0.348 e. The summed E-state index contributed by atoms with van der Waals surface area (Å²) >= 11 is 0. The van der Waals surface area contributed by atoms with E-state index in [9.17, 15) is 9.90 Å². The molecule has 0 radical (unpaired) electrons. The number of benzene rings is 1. The number of para-hydroxylation sites is 1. The first-order valence-corrected chi connectivity index (χ1v) is 7.46. The van der Waals surface area contributed by atoms with Crippen LogP contribution in [0.25, 0.3) is 10.9 Å². The topological polar surface area (TPSA) is 87.7 Å². The molecule has 0 bridgehead atoms. The summed E-state index contributed by atoms with van der Waals surface area (Å²) in [4.78, 5) is 16.4. The Bertz CT molecular complexity index is 1010. The summed E-state index contributed by atoms with van der Waals surface area (Å²) in [7, 11) is 0. The minimum absolute atomic E-state index is 0.0330. The van der Waals surface area contributed by atoms with Crippen LogP contribution in [-0.2, 0) is 0 Å². The maximum absolute atomic E-state index is 11.9. The number of pyridine rings is 1. The number of rotatable bonds is 3. The summed E-state index contributed by atoms with van der Waals surface area (Å²) in [5, 5.41) is 15.2. The van der Waals surface area contributed by atoms with Crippen molar-refractivity contribution in [2.24, 2.45) is 5.10 Å². The van der Waals surface area contributed by atoms with E-state index in [0.29, 0.717) is 17.3 Å². The molecule has 2 heterocycles. The molecule has 0 aliphatic carbocycles. The molecular formula is C18H17N3O3. The lowest BCUT2D eigenvalue weighted by Crippen LogP contribution is -2.14. The molecule has 6 heteroatoms. The van der Waals surface area contributed by atoms with Crippen molar-refractivity contribution in [1.29, 1.82) is 0 Å². The minimum atomic E-state index is -0.627. The molecule has 0 aliphatic heterocycles. The summed E-state index contributed by atoms with van der Waals surface area (Å²) in [6, 6.07) is 11.1. The fourth-order valence-corrected chi connectivity index (χ4v) is 2.53. The van der Waals surface area contributed by atoms with Crippen molar-refractivity contribution in [1.82, 2.24) is 4.98 Å². The molecule has 2 N–H and O–H groups in total. The Hall–Kier alpha value is -3.15. The second-order valence-electron chi connectivity index (χ2n) is 5.56. The molecule has 122 valence electrons. The number of aromatic nitrogens is 1. The number of aryl methyl sites for hydroxylation is 2. The number of nitrogens with zero attached hydrogens (tertiary/aromatic N) is 2. The highest BCUT2D eigenvalue weighted by atomic mass is 16.4. The highest BCUT2D eigenvalue weighted by Crippen LogP contribution is 2.20. The van der Waals surface area contributed by atoms with Gasteiger partial charge in [0.05, 0.1) is 11.2 Å². The van der Waals surface area contributed by atoms with Crippen molar-refractivity contribution in [3.8, 4) is 5.75 Å². The van der Waals surface area contributed by atoms with Crippen molar-refractivity contribution >= 4 is 22.4 Å². The van der Waals surface area contributed by atoms with Gasteiger partial charge in [0.2, 0.25) is 0 Å². The van der Waals surface area contributed by atoms with Gasteiger partial charge in [0, 0.05) is 11.5 Å². The quantitative estimate of drug-likeness (QED) is 0.570. The van der Waals surface area contributed by atoms with Gasteiger partial charge in [-0.25, -0.2) is 9.78 Å². The molecule has 0 unspecified atom stereocenters. The molecule has 0 spiro atoms. The summed E-state index contributed by atoms with van der Waals surface area (Å²) in [6.07, 6.45) is 0. The predicted octanol–water partition coefficient (Wildman–Crippen LogP) is 3.35. The van der Waals surface area contributed by atoms with Gasteiger partial charge in [0.25, 0.3) is 0 Å². The van der Waals surface area contributed by atoms with Gasteiger partial charge < -0.3 is 9.52 Å². The normalized spacial score (nSPS) is 11.7. The van der Waals surface area contributed by atoms with Crippen LogP contribution in [0, 0.1) is 13.8 Å². The fraction of sp³-hybridized carbons (Fsp3) is 0.167. The smallest absolute Gasteiger partial charge is 0.348 e. The van der Waals surface area contributed by atoms with E-state index in [1.54, 1.807) is 13.8 Å². The molecule has 3 rings (SSSR count). The van der Waals surface area contributed by atoms with Gasteiger partial charge in [-0.05, 0) is 38.5 Å². The van der Waals surface area contributed by atoms with Crippen LogP contribution in [0.3, 0.4) is 0 Å². The zero-order chi connectivity index (χ0) is 17.3. The van der Waals surface area contributed by atoms with Crippen LogP contribution in [0.2, 0.25) is 0 Å². The first kappa shape index (κ1) is 15.7. The second-order valence-corrected chi connectivity index (χ2v) is 5.56. The van der Waals surface area contributed by atoms with Gasteiger partial charge in [-0.2, -0.15) is 5.10 Å². The average molecular weight is 323 g/mol. The summed E-state index contributed by atoms with van der Waals surface area (Å²) in [5.74, 6) is 0.741. The lowest BCUT2D eigenvalue weighted by molar-refractivity contribution is 0.432. The molecule has 2 aromatic heterocycles. The second kappa shape index (κ2) is 6.16. The third-order valence-electron chi connectivity index (χ3n) is 3.68. The third kappa shape index (κ3) is 2.99. The first-order valence-electron chi connectivity index (χ1n) is 7.46. The zero-order valence-corrected chi connectivity index (χ0v) is 13.6. The highest BCUT2D eigenvalue weighted by Gasteiger charge is 2.13. The first-order chi connectivity index (χ1) is 11.5. The van der Waals surface area contributed by atoms with Gasteiger partial charge in [-0.15, -0.1) is 0 Å². The van der Waals surface area contributed by atoms with Gasteiger partial charge in [-0.3, -0.25) is 5.43 Å². The Labute approximate surface area is 138 Å². The molecule has 3 aromatic rings. The zero-order valence-electron chi connectivity index (χ0n) is 13.6. The molecule has 0 fully saturated rings. The van der Waals surface area contributed by atoms with E-state index in [4.69, 9.17) is 4.42 Å². The van der Waals surface area contributed by atoms with E-state index in [2.05, 4.69) is 15.5 Å². The van der Waals surface area contributed by atoms with E-state index in [1.165, 1.54) is 6.07 Å². The van der Waals surface area contributed by atoms with Gasteiger partial charge >= 0.3 is 5.63 Å². The van der Waals surface area contributed by atoms with E-state index in [1.807, 2.05) is 37.3 Å². The lowest BCUT2D eigenvalue weighted by atomic mass is 10.1. The molecule has 6 nitrogen and oxygen atoms in total. The summed E-state index contributed by atoms with van der Waals surface area (Å²) in [5.41, 5.74) is 4.47. The SMILES string of the molecule is C/C(=N\Nc1cc(C)c2ccccc2n1)c1c(O)cc(C)oc1=O. The average Bonchev–Trinajstić information content (AvgIpc) is 2.52. The highest BCUT2D eigenvalue weighted by molar-refractivity contribution is 6.00. The number of anilines is 1. The van der Waals surface area contributed by atoms with E-state index in [0.717, 1.165) is 16.5 Å². The Morgan fingerprint density at radius 1 is 1.25 bits per heavy atom.